The number of benzene rings is 1. The number of rotatable bonds is 2. The molecule has 1 fully saturated rings. The number of amides is 1. The Labute approximate surface area is 124 Å². The molecule has 1 N–H and O–H groups in total. The fourth-order valence-electron chi connectivity index (χ4n) is 2.63. The van der Waals surface area contributed by atoms with Gasteiger partial charge in [-0.1, -0.05) is 0 Å². The molecule has 0 saturated carbocycles. The van der Waals surface area contributed by atoms with Crippen LogP contribution in [0, 0.1) is 11.6 Å². The predicted octanol–water partition coefficient (Wildman–Crippen LogP) is 2.78. The van der Waals surface area contributed by atoms with Crippen molar-refractivity contribution in [2.45, 2.75) is 31.1 Å². The first-order valence-electron chi connectivity index (χ1n) is 6.72. The van der Waals surface area contributed by atoms with Crippen molar-refractivity contribution in [2.24, 2.45) is 0 Å². The van der Waals surface area contributed by atoms with E-state index in [1.54, 1.807) is 0 Å². The van der Waals surface area contributed by atoms with Crippen molar-refractivity contribution in [1.29, 1.82) is 0 Å². The molecule has 1 amide bonds. The Hall–Kier alpha value is -1.70. The van der Waals surface area contributed by atoms with Crippen molar-refractivity contribution in [3.05, 3.63) is 35.4 Å². The molecule has 1 heterocycles. The van der Waals surface area contributed by atoms with Gasteiger partial charge in [0, 0.05) is 24.7 Å². The Kier molecular flexibility index (Phi) is 4.69. The molecule has 1 saturated heterocycles. The molecule has 1 aromatic rings. The molecule has 0 radical (unpaired) electrons. The Balaban J connectivity index is 2.15. The third-order valence-electron chi connectivity index (χ3n) is 3.82. The number of piperidine rings is 1. The number of alkyl halides is 3. The van der Waals surface area contributed by atoms with Crippen LogP contribution in [0.2, 0.25) is 0 Å². The zero-order valence-electron chi connectivity index (χ0n) is 11.8. The molecule has 1 aliphatic heterocycles. The largest absolute Gasteiger partial charge is 0.471 e. The van der Waals surface area contributed by atoms with Crippen molar-refractivity contribution >= 4 is 5.91 Å². The monoisotopic (exact) mass is 322 g/mol. The van der Waals surface area contributed by atoms with E-state index in [0.29, 0.717) is 17.9 Å². The Morgan fingerprint density at radius 1 is 1.32 bits per heavy atom. The van der Waals surface area contributed by atoms with Crippen LogP contribution in [0.4, 0.5) is 22.0 Å². The van der Waals surface area contributed by atoms with Crippen LogP contribution < -0.4 is 5.32 Å². The number of hydrogen-bond donors (Lipinski definition) is 1. The lowest BCUT2D eigenvalue weighted by Gasteiger charge is -2.36. The minimum atomic E-state index is -4.95. The van der Waals surface area contributed by atoms with Gasteiger partial charge in [0.25, 0.3) is 0 Å². The first-order chi connectivity index (χ1) is 10.2. The summed E-state index contributed by atoms with van der Waals surface area (Å²) in [6.07, 6.45) is -4.55. The van der Waals surface area contributed by atoms with Gasteiger partial charge in [-0.3, -0.25) is 4.79 Å². The average molecular weight is 322 g/mol. The summed E-state index contributed by atoms with van der Waals surface area (Å²) in [7, 11) is 1.07. The fraction of sp³-hybridized carbons (Fsp3) is 0.500. The van der Waals surface area contributed by atoms with Crippen molar-refractivity contribution < 1.29 is 26.7 Å². The maximum absolute atomic E-state index is 13.8. The van der Waals surface area contributed by atoms with Gasteiger partial charge in [-0.25, -0.2) is 8.78 Å². The molecule has 0 spiro atoms. The second kappa shape index (κ2) is 6.20. The minimum Gasteiger partial charge on any atom is -0.335 e. The molecule has 1 aliphatic rings. The van der Waals surface area contributed by atoms with E-state index in [9.17, 15) is 26.7 Å². The van der Waals surface area contributed by atoms with Gasteiger partial charge in [0.1, 0.15) is 11.6 Å². The van der Waals surface area contributed by atoms with Gasteiger partial charge in [0.2, 0.25) is 0 Å². The molecule has 122 valence electrons. The smallest absolute Gasteiger partial charge is 0.335 e. The lowest BCUT2D eigenvalue weighted by atomic mass is 9.92. The number of hydrogen-bond acceptors (Lipinski definition) is 2. The molecule has 0 aromatic heterocycles. The zero-order chi connectivity index (χ0) is 16.5. The van der Waals surface area contributed by atoms with E-state index in [4.69, 9.17) is 0 Å². The standard InChI is InChI=1S/C14H15F5N2O/c1-21(13(22)14(17,18)19)9-4-5-20-12(7-9)10-6-8(15)2-3-11(10)16/h2-3,6,9,12,20H,4-5,7H2,1H3/t9-,12+/m1/s1. The van der Waals surface area contributed by atoms with Gasteiger partial charge < -0.3 is 10.2 Å². The van der Waals surface area contributed by atoms with Gasteiger partial charge in [0.05, 0.1) is 0 Å². The highest BCUT2D eigenvalue weighted by Crippen LogP contribution is 2.30. The number of carbonyl (C=O) groups excluding carboxylic acids is 1. The van der Waals surface area contributed by atoms with Crippen LogP contribution in [0.25, 0.3) is 0 Å². The van der Waals surface area contributed by atoms with Gasteiger partial charge >= 0.3 is 12.1 Å². The van der Waals surface area contributed by atoms with Crippen molar-refractivity contribution in [2.75, 3.05) is 13.6 Å². The first kappa shape index (κ1) is 16.7. The molecule has 1 aromatic carbocycles. The van der Waals surface area contributed by atoms with E-state index in [0.717, 1.165) is 25.2 Å². The summed E-state index contributed by atoms with van der Waals surface area (Å²) in [6.45, 7) is 0.306. The van der Waals surface area contributed by atoms with Gasteiger partial charge in [-0.05, 0) is 37.6 Å². The number of nitrogens with one attached hydrogen (secondary N) is 1. The van der Waals surface area contributed by atoms with Crippen LogP contribution in [0.1, 0.15) is 24.4 Å². The van der Waals surface area contributed by atoms with E-state index in [1.807, 2.05) is 0 Å². The molecular weight excluding hydrogens is 307 g/mol. The molecule has 2 atom stereocenters. The Bertz CT molecular complexity index is 561. The molecule has 0 aliphatic carbocycles. The van der Waals surface area contributed by atoms with E-state index >= 15 is 0 Å². The van der Waals surface area contributed by atoms with E-state index in [2.05, 4.69) is 5.32 Å². The molecule has 22 heavy (non-hydrogen) atoms. The highest BCUT2D eigenvalue weighted by Gasteiger charge is 2.44. The van der Waals surface area contributed by atoms with E-state index in [1.165, 1.54) is 0 Å². The summed E-state index contributed by atoms with van der Waals surface area (Å²) in [5.41, 5.74) is 0.0533. The number of nitrogens with zero attached hydrogens (tertiary/aromatic N) is 1. The van der Waals surface area contributed by atoms with Crippen LogP contribution in [-0.4, -0.2) is 36.6 Å². The van der Waals surface area contributed by atoms with Gasteiger partial charge in [-0.15, -0.1) is 0 Å². The lowest BCUT2D eigenvalue weighted by molar-refractivity contribution is -0.186. The average Bonchev–Trinajstić information content (AvgIpc) is 2.47. The van der Waals surface area contributed by atoms with Crippen LogP contribution in [-0.2, 0) is 4.79 Å². The third-order valence-corrected chi connectivity index (χ3v) is 3.82. The Morgan fingerprint density at radius 3 is 2.64 bits per heavy atom. The highest BCUT2D eigenvalue weighted by atomic mass is 19.4. The first-order valence-corrected chi connectivity index (χ1v) is 6.72. The van der Waals surface area contributed by atoms with Crippen molar-refractivity contribution in [3.63, 3.8) is 0 Å². The zero-order valence-corrected chi connectivity index (χ0v) is 11.8. The van der Waals surface area contributed by atoms with Crippen LogP contribution in [0.15, 0.2) is 18.2 Å². The van der Waals surface area contributed by atoms with E-state index < -0.39 is 35.8 Å². The summed E-state index contributed by atoms with van der Waals surface area (Å²) in [6, 6.07) is 1.63. The SMILES string of the molecule is CN(C(=O)C(F)(F)F)[C@@H]1CCN[C@H](c2cc(F)ccc2F)C1. The lowest BCUT2D eigenvalue weighted by Crippen LogP contribution is -2.49. The highest BCUT2D eigenvalue weighted by molar-refractivity contribution is 5.81. The Morgan fingerprint density at radius 2 is 2.00 bits per heavy atom. The number of halogens is 5. The predicted molar refractivity (Wildman–Crippen MR) is 68.9 cm³/mol. The fourth-order valence-corrected chi connectivity index (χ4v) is 2.63. The third kappa shape index (κ3) is 3.55. The molecule has 0 bridgehead atoms. The molecule has 8 heteroatoms. The van der Waals surface area contributed by atoms with Crippen molar-refractivity contribution in [3.8, 4) is 0 Å². The second-order valence-corrected chi connectivity index (χ2v) is 5.26. The maximum atomic E-state index is 13.8. The molecular formula is C14H15F5N2O. The van der Waals surface area contributed by atoms with Crippen LogP contribution >= 0.6 is 0 Å². The van der Waals surface area contributed by atoms with E-state index in [-0.39, 0.29) is 12.0 Å². The minimum absolute atomic E-state index is 0.0533. The maximum Gasteiger partial charge on any atom is 0.471 e. The van der Waals surface area contributed by atoms with Gasteiger partial charge in [-0.2, -0.15) is 13.2 Å². The topological polar surface area (TPSA) is 32.3 Å². The molecule has 2 rings (SSSR count). The summed E-state index contributed by atoms with van der Waals surface area (Å²) < 4.78 is 64.4. The summed E-state index contributed by atoms with van der Waals surface area (Å²) in [5.74, 6) is -3.19. The van der Waals surface area contributed by atoms with Crippen molar-refractivity contribution in [1.82, 2.24) is 10.2 Å². The number of carbonyl (C=O) groups is 1. The molecule has 0 unspecified atom stereocenters. The normalized spacial score (nSPS) is 22.5. The summed E-state index contributed by atoms with van der Waals surface area (Å²) in [4.78, 5) is 11.9. The summed E-state index contributed by atoms with van der Waals surface area (Å²) >= 11 is 0. The molecule has 3 nitrogen and oxygen atoms in total. The quantitative estimate of drug-likeness (QED) is 0.849. The second-order valence-electron chi connectivity index (χ2n) is 5.26. The summed E-state index contributed by atoms with van der Waals surface area (Å²) in [5, 5.41) is 2.94. The van der Waals surface area contributed by atoms with Gasteiger partial charge in [0.15, 0.2) is 0 Å². The van der Waals surface area contributed by atoms with Crippen LogP contribution in [0.5, 0.6) is 0 Å². The van der Waals surface area contributed by atoms with Crippen LogP contribution in [0.3, 0.4) is 0 Å².